The lowest BCUT2D eigenvalue weighted by Gasteiger charge is -2.08. The molecule has 0 unspecified atom stereocenters. The minimum absolute atomic E-state index is 0.616. The molecule has 82 valence electrons. The molecule has 0 aliphatic heterocycles. The third-order valence-corrected chi connectivity index (χ3v) is 3.07. The molecule has 0 amide bonds. The molecule has 3 rings (SSSR count). The number of hydrogen-bond donors (Lipinski definition) is 2. The highest BCUT2D eigenvalue weighted by Crippen LogP contribution is 2.24. The molecule has 0 saturated heterocycles. The van der Waals surface area contributed by atoms with Crippen LogP contribution in [0.25, 0.3) is 10.8 Å². The van der Waals surface area contributed by atoms with Crippen molar-refractivity contribution < 1.29 is 0 Å². The van der Waals surface area contributed by atoms with Gasteiger partial charge in [-0.15, -0.1) is 0 Å². The molecule has 1 aliphatic carbocycles. The van der Waals surface area contributed by atoms with Gasteiger partial charge in [-0.3, -0.25) is 0 Å². The summed E-state index contributed by atoms with van der Waals surface area (Å²) >= 11 is 0. The number of fused-ring (bicyclic) bond motifs is 1. The van der Waals surface area contributed by atoms with E-state index in [2.05, 4.69) is 16.4 Å². The van der Waals surface area contributed by atoms with Crippen LogP contribution >= 0.6 is 0 Å². The molecular formula is C13H15N3. The summed E-state index contributed by atoms with van der Waals surface area (Å²) in [7, 11) is 0. The Labute approximate surface area is 94.7 Å². The number of benzene rings is 1. The van der Waals surface area contributed by atoms with Crippen LogP contribution in [0.3, 0.4) is 0 Å². The van der Waals surface area contributed by atoms with Gasteiger partial charge in [-0.05, 0) is 23.8 Å². The molecule has 0 radical (unpaired) electrons. The molecule has 3 N–H and O–H groups in total. The summed E-state index contributed by atoms with van der Waals surface area (Å²) in [5.74, 6) is 0.616. The lowest BCUT2D eigenvalue weighted by molar-refractivity contribution is 0.689. The Balaban J connectivity index is 1.99. The van der Waals surface area contributed by atoms with Gasteiger partial charge in [0, 0.05) is 24.2 Å². The highest BCUT2D eigenvalue weighted by atomic mass is 14.9. The first-order chi connectivity index (χ1) is 7.84. The van der Waals surface area contributed by atoms with Crippen LogP contribution in [-0.2, 0) is 6.54 Å². The van der Waals surface area contributed by atoms with Gasteiger partial charge in [0.1, 0.15) is 5.82 Å². The van der Waals surface area contributed by atoms with Crippen LogP contribution < -0.4 is 11.1 Å². The number of nitrogens with zero attached hydrogens (tertiary/aromatic N) is 1. The van der Waals surface area contributed by atoms with Crippen molar-refractivity contribution >= 4 is 16.6 Å². The van der Waals surface area contributed by atoms with E-state index in [9.17, 15) is 0 Å². The van der Waals surface area contributed by atoms with Crippen molar-refractivity contribution in [3.8, 4) is 0 Å². The van der Waals surface area contributed by atoms with Crippen molar-refractivity contribution in [2.75, 3.05) is 5.73 Å². The summed E-state index contributed by atoms with van der Waals surface area (Å²) in [5.41, 5.74) is 7.09. The minimum atomic E-state index is 0.616. The predicted molar refractivity (Wildman–Crippen MR) is 66.0 cm³/mol. The Bertz CT molecular complexity index is 518. The molecule has 1 saturated carbocycles. The minimum Gasteiger partial charge on any atom is -0.383 e. The van der Waals surface area contributed by atoms with Crippen molar-refractivity contribution in [1.29, 1.82) is 0 Å². The summed E-state index contributed by atoms with van der Waals surface area (Å²) in [6.07, 6.45) is 4.49. The zero-order chi connectivity index (χ0) is 11.0. The first kappa shape index (κ1) is 9.60. The van der Waals surface area contributed by atoms with E-state index in [-0.39, 0.29) is 0 Å². The van der Waals surface area contributed by atoms with Gasteiger partial charge in [0.15, 0.2) is 0 Å². The summed E-state index contributed by atoms with van der Waals surface area (Å²) < 4.78 is 0. The van der Waals surface area contributed by atoms with Gasteiger partial charge in [0.25, 0.3) is 0 Å². The Hall–Kier alpha value is -1.61. The molecule has 1 heterocycles. The zero-order valence-electron chi connectivity index (χ0n) is 9.11. The second-order valence-corrected chi connectivity index (χ2v) is 4.37. The fourth-order valence-electron chi connectivity index (χ4n) is 1.96. The molecule has 0 spiro atoms. The van der Waals surface area contributed by atoms with Gasteiger partial charge in [-0.25, -0.2) is 4.98 Å². The van der Waals surface area contributed by atoms with E-state index in [4.69, 9.17) is 5.73 Å². The van der Waals surface area contributed by atoms with Gasteiger partial charge in [-0.1, -0.05) is 24.3 Å². The van der Waals surface area contributed by atoms with Crippen molar-refractivity contribution in [2.45, 2.75) is 25.4 Å². The van der Waals surface area contributed by atoms with Crippen molar-refractivity contribution in [3.63, 3.8) is 0 Å². The Kier molecular flexibility index (Phi) is 2.26. The van der Waals surface area contributed by atoms with Crippen LogP contribution in [-0.4, -0.2) is 11.0 Å². The fourth-order valence-corrected chi connectivity index (χ4v) is 1.96. The van der Waals surface area contributed by atoms with E-state index in [0.29, 0.717) is 5.82 Å². The molecule has 1 fully saturated rings. The molecule has 2 aromatic rings. The SMILES string of the molecule is Nc1ncc(CNC2CC2)c2ccccc12. The Morgan fingerprint density at radius 3 is 2.75 bits per heavy atom. The number of hydrogen-bond acceptors (Lipinski definition) is 3. The van der Waals surface area contributed by atoms with Crippen LogP contribution in [0.2, 0.25) is 0 Å². The molecule has 3 nitrogen and oxygen atoms in total. The number of nitrogens with two attached hydrogens (primary N) is 1. The number of nitrogens with one attached hydrogen (secondary N) is 1. The van der Waals surface area contributed by atoms with Gasteiger partial charge < -0.3 is 11.1 Å². The molecule has 0 atom stereocenters. The first-order valence-corrected chi connectivity index (χ1v) is 5.70. The van der Waals surface area contributed by atoms with Crippen molar-refractivity contribution in [2.24, 2.45) is 0 Å². The van der Waals surface area contributed by atoms with Crippen molar-refractivity contribution in [3.05, 3.63) is 36.0 Å². The van der Waals surface area contributed by atoms with E-state index in [1.807, 2.05) is 24.4 Å². The number of nitrogen functional groups attached to an aromatic ring is 1. The maximum Gasteiger partial charge on any atom is 0.131 e. The Morgan fingerprint density at radius 1 is 1.25 bits per heavy atom. The van der Waals surface area contributed by atoms with Gasteiger partial charge in [-0.2, -0.15) is 0 Å². The molecule has 1 aliphatic rings. The highest BCUT2D eigenvalue weighted by Gasteiger charge is 2.20. The topological polar surface area (TPSA) is 50.9 Å². The molecule has 3 heteroatoms. The summed E-state index contributed by atoms with van der Waals surface area (Å²) in [6.45, 7) is 0.887. The average Bonchev–Trinajstić information content (AvgIpc) is 3.13. The lowest BCUT2D eigenvalue weighted by atomic mass is 10.1. The summed E-state index contributed by atoms with van der Waals surface area (Å²) in [5, 5.41) is 5.77. The van der Waals surface area contributed by atoms with E-state index < -0.39 is 0 Å². The predicted octanol–water partition coefficient (Wildman–Crippen LogP) is 2.07. The fraction of sp³-hybridized carbons (Fsp3) is 0.308. The van der Waals surface area contributed by atoms with E-state index >= 15 is 0 Å². The molecule has 1 aromatic carbocycles. The quantitative estimate of drug-likeness (QED) is 0.820. The largest absolute Gasteiger partial charge is 0.383 e. The number of anilines is 1. The van der Waals surface area contributed by atoms with E-state index in [0.717, 1.165) is 18.0 Å². The molecule has 16 heavy (non-hydrogen) atoms. The number of pyridine rings is 1. The third-order valence-electron chi connectivity index (χ3n) is 3.07. The van der Waals surface area contributed by atoms with Crippen molar-refractivity contribution in [1.82, 2.24) is 10.3 Å². The van der Waals surface area contributed by atoms with Gasteiger partial charge in [0.05, 0.1) is 0 Å². The monoisotopic (exact) mass is 213 g/mol. The van der Waals surface area contributed by atoms with Crippen LogP contribution in [0.1, 0.15) is 18.4 Å². The molecular weight excluding hydrogens is 198 g/mol. The normalized spacial score (nSPS) is 15.5. The second-order valence-electron chi connectivity index (χ2n) is 4.37. The van der Waals surface area contributed by atoms with E-state index in [1.165, 1.54) is 23.8 Å². The highest BCUT2D eigenvalue weighted by molar-refractivity contribution is 5.93. The Morgan fingerprint density at radius 2 is 2.00 bits per heavy atom. The van der Waals surface area contributed by atoms with Crippen LogP contribution in [0, 0.1) is 0 Å². The van der Waals surface area contributed by atoms with Gasteiger partial charge in [0.2, 0.25) is 0 Å². The maximum atomic E-state index is 5.86. The number of aromatic nitrogens is 1. The van der Waals surface area contributed by atoms with Gasteiger partial charge >= 0.3 is 0 Å². The standard InChI is InChI=1S/C13H15N3/c14-13-12-4-2-1-3-11(12)9(8-16-13)7-15-10-5-6-10/h1-4,8,10,15H,5-7H2,(H2,14,16). The molecule has 1 aromatic heterocycles. The number of rotatable bonds is 3. The molecule has 0 bridgehead atoms. The third kappa shape index (κ3) is 1.74. The van der Waals surface area contributed by atoms with Crippen LogP contribution in [0.5, 0.6) is 0 Å². The average molecular weight is 213 g/mol. The lowest BCUT2D eigenvalue weighted by Crippen LogP contribution is -2.15. The first-order valence-electron chi connectivity index (χ1n) is 5.70. The van der Waals surface area contributed by atoms with E-state index in [1.54, 1.807) is 0 Å². The maximum absolute atomic E-state index is 5.86. The van der Waals surface area contributed by atoms with Crippen LogP contribution in [0.15, 0.2) is 30.5 Å². The smallest absolute Gasteiger partial charge is 0.131 e. The van der Waals surface area contributed by atoms with Crippen LogP contribution in [0.4, 0.5) is 5.82 Å². The summed E-state index contributed by atoms with van der Waals surface area (Å²) in [4.78, 5) is 4.24. The second kappa shape index (κ2) is 3.76. The summed E-state index contributed by atoms with van der Waals surface area (Å²) in [6, 6.07) is 8.90. The zero-order valence-corrected chi connectivity index (χ0v) is 9.11.